The number of aryl methyl sites for hydroxylation is 1. The lowest BCUT2D eigenvalue weighted by atomic mass is 10.0. The number of hydrogen-bond acceptors (Lipinski definition) is 7. The molecule has 0 bridgehead atoms. The second-order valence-electron chi connectivity index (χ2n) is 7.32. The minimum absolute atomic E-state index is 0.181. The van der Waals surface area contributed by atoms with E-state index in [0.717, 1.165) is 36.1 Å². The molecule has 1 saturated heterocycles. The number of carbonyl (C=O) groups excluding carboxylic acids is 1. The third kappa shape index (κ3) is 3.09. The maximum absolute atomic E-state index is 12.1. The first-order valence-corrected chi connectivity index (χ1v) is 9.21. The monoisotopic (exact) mass is 364 g/mol. The van der Waals surface area contributed by atoms with Crippen molar-refractivity contribution >= 4 is 17.4 Å². The molecule has 1 amide bonds. The Labute approximate surface area is 155 Å². The van der Waals surface area contributed by atoms with Gasteiger partial charge in [-0.25, -0.2) is 4.98 Å². The number of carbonyl (C=O) groups is 1. The third-order valence-corrected chi connectivity index (χ3v) is 5.06. The van der Waals surface area contributed by atoms with Crippen molar-refractivity contribution in [2.45, 2.75) is 25.7 Å². The standard InChI is InChI=1S/C18H20N8O/c1-11-6-20-14(8-19-11)18(27)21-7-12-9-25(10-12)16-5-4-15-22-23-17(13-2-3-13)26(15)24-16/h4-6,8,12-13H,2-3,7,9-10H2,1H3,(H,21,27). The molecule has 0 atom stereocenters. The van der Waals surface area contributed by atoms with Gasteiger partial charge in [0.2, 0.25) is 0 Å². The van der Waals surface area contributed by atoms with E-state index in [1.54, 1.807) is 6.20 Å². The molecule has 3 aromatic rings. The highest BCUT2D eigenvalue weighted by atomic mass is 16.1. The SMILES string of the molecule is Cc1cnc(C(=O)NCC2CN(c3ccc4nnc(C5CC5)n4n3)C2)cn1. The van der Waals surface area contributed by atoms with Gasteiger partial charge < -0.3 is 10.2 Å². The van der Waals surface area contributed by atoms with E-state index in [1.807, 2.05) is 23.6 Å². The van der Waals surface area contributed by atoms with Gasteiger partial charge in [0.15, 0.2) is 11.5 Å². The summed E-state index contributed by atoms with van der Waals surface area (Å²) in [5.41, 5.74) is 1.94. The number of nitrogens with one attached hydrogen (secondary N) is 1. The minimum Gasteiger partial charge on any atom is -0.354 e. The summed E-state index contributed by atoms with van der Waals surface area (Å²) >= 11 is 0. The Balaban J connectivity index is 1.18. The van der Waals surface area contributed by atoms with E-state index in [-0.39, 0.29) is 5.91 Å². The van der Waals surface area contributed by atoms with Crippen LogP contribution in [0, 0.1) is 12.8 Å². The number of nitrogens with zero attached hydrogens (tertiary/aromatic N) is 7. The smallest absolute Gasteiger partial charge is 0.271 e. The summed E-state index contributed by atoms with van der Waals surface area (Å²) in [6, 6.07) is 3.95. The second-order valence-corrected chi connectivity index (χ2v) is 7.32. The molecule has 138 valence electrons. The molecular formula is C18H20N8O. The molecule has 1 aliphatic carbocycles. The summed E-state index contributed by atoms with van der Waals surface area (Å²) in [6.45, 7) is 4.18. The van der Waals surface area contributed by atoms with E-state index in [2.05, 4.69) is 30.4 Å². The summed E-state index contributed by atoms with van der Waals surface area (Å²) in [5.74, 6) is 2.62. The van der Waals surface area contributed by atoms with E-state index >= 15 is 0 Å². The van der Waals surface area contributed by atoms with Gasteiger partial charge in [-0.2, -0.15) is 4.52 Å². The van der Waals surface area contributed by atoms with Crippen molar-refractivity contribution in [3.63, 3.8) is 0 Å². The van der Waals surface area contributed by atoms with Gasteiger partial charge in [0, 0.05) is 37.7 Å². The molecule has 9 nitrogen and oxygen atoms in total. The number of hydrogen-bond donors (Lipinski definition) is 1. The molecule has 5 rings (SSSR count). The number of fused-ring (bicyclic) bond motifs is 1. The van der Waals surface area contributed by atoms with Crippen LogP contribution in [0.2, 0.25) is 0 Å². The highest BCUT2D eigenvalue weighted by molar-refractivity contribution is 5.91. The van der Waals surface area contributed by atoms with E-state index < -0.39 is 0 Å². The van der Waals surface area contributed by atoms with Gasteiger partial charge in [-0.3, -0.25) is 9.78 Å². The van der Waals surface area contributed by atoms with Crippen LogP contribution in [0.15, 0.2) is 24.5 Å². The number of rotatable bonds is 5. The lowest BCUT2D eigenvalue weighted by molar-refractivity contribution is 0.0939. The lowest BCUT2D eigenvalue weighted by Crippen LogP contribution is -2.52. The second kappa shape index (κ2) is 6.26. The molecule has 0 spiro atoms. The molecule has 0 unspecified atom stereocenters. The van der Waals surface area contributed by atoms with Crippen molar-refractivity contribution in [2.75, 3.05) is 24.5 Å². The first-order chi connectivity index (χ1) is 13.2. The predicted molar refractivity (Wildman–Crippen MR) is 97.6 cm³/mol. The quantitative estimate of drug-likeness (QED) is 0.720. The first-order valence-electron chi connectivity index (χ1n) is 9.21. The first kappa shape index (κ1) is 16.1. The van der Waals surface area contributed by atoms with Crippen molar-refractivity contribution in [2.24, 2.45) is 5.92 Å². The van der Waals surface area contributed by atoms with E-state index in [0.29, 0.717) is 24.1 Å². The number of aromatic nitrogens is 6. The zero-order chi connectivity index (χ0) is 18.4. The highest BCUT2D eigenvalue weighted by Crippen LogP contribution is 2.38. The molecule has 0 aromatic carbocycles. The Morgan fingerprint density at radius 3 is 2.78 bits per heavy atom. The zero-order valence-corrected chi connectivity index (χ0v) is 15.0. The molecule has 1 aliphatic heterocycles. The maximum atomic E-state index is 12.1. The van der Waals surface area contributed by atoms with Crippen LogP contribution in [-0.4, -0.2) is 55.3 Å². The summed E-state index contributed by atoms with van der Waals surface area (Å²) < 4.78 is 1.87. The minimum atomic E-state index is -0.181. The normalized spacial score (nSPS) is 17.1. The Bertz CT molecular complexity index is 988. The van der Waals surface area contributed by atoms with Gasteiger partial charge in [0.05, 0.1) is 11.9 Å². The van der Waals surface area contributed by atoms with Crippen molar-refractivity contribution < 1.29 is 4.79 Å². The largest absolute Gasteiger partial charge is 0.354 e. The van der Waals surface area contributed by atoms with Crippen LogP contribution in [0.1, 0.15) is 40.8 Å². The van der Waals surface area contributed by atoms with Crippen molar-refractivity contribution in [1.82, 2.24) is 35.1 Å². The molecule has 3 aromatic heterocycles. The Morgan fingerprint density at radius 2 is 2.04 bits per heavy atom. The molecule has 9 heteroatoms. The number of amides is 1. The molecule has 1 N–H and O–H groups in total. The summed E-state index contributed by atoms with van der Waals surface area (Å²) in [6.07, 6.45) is 5.45. The van der Waals surface area contributed by atoms with Crippen LogP contribution in [0.5, 0.6) is 0 Å². The Morgan fingerprint density at radius 1 is 1.19 bits per heavy atom. The van der Waals surface area contributed by atoms with Crippen LogP contribution >= 0.6 is 0 Å². The van der Waals surface area contributed by atoms with Crippen LogP contribution in [0.4, 0.5) is 5.82 Å². The van der Waals surface area contributed by atoms with Gasteiger partial charge >= 0.3 is 0 Å². The summed E-state index contributed by atoms with van der Waals surface area (Å²) in [5, 5.41) is 16.1. The third-order valence-electron chi connectivity index (χ3n) is 5.06. The van der Waals surface area contributed by atoms with Crippen LogP contribution < -0.4 is 10.2 Å². The van der Waals surface area contributed by atoms with Crippen LogP contribution in [0.25, 0.3) is 5.65 Å². The predicted octanol–water partition coefficient (Wildman–Crippen LogP) is 0.966. The Kier molecular flexibility index (Phi) is 3.73. The molecule has 2 fully saturated rings. The maximum Gasteiger partial charge on any atom is 0.271 e. The van der Waals surface area contributed by atoms with Crippen LogP contribution in [-0.2, 0) is 0 Å². The average molecular weight is 364 g/mol. The van der Waals surface area contributed by atoms with Gasteiger partial charge in [-0.1, -0.05) is 0 Å². The highest BCUT2D eigenvalue weighted by Gasteiger charge is 2.31. The lowest BCUT2D eigenvalue weighted by Gasteiger charge is -2.40. The zero-order valence-electron chi connectivity index (χ0n) is 15.0. The number of anilines is 1. The van der Waals surface area contributed by atoms with E-state index in [9.17, 15) is 4.79 Å². The van der Waals surface area contributed by atoms with Gasteiger partial charge in [-0.15, -0.1) is 15.3 Å². The van der Waals surface area contributed by atoms with Gasteiger partial charge in [0.1, 0.15) is 11.5 Å². The van der Waals surface area contributed by atoms with E-state index in [4.69, 9.17) is 5.10 Å². The fourth-order valence-electron chi connectivity index (χ4n) is 3.28. The Hall–Kier alpha value is -3.10. The summed E-state index contributed by atoms with van der Waals surface area (Å²) in [7, 11) is 0. The average Bonchev–Trinajstić information content (AvgIpc) is 3.40. The fraction of sp³-hybridized carbons (Fsp3) is 0.444. The summed E-state index contributed by atoms with van der Waals surface area (Å²) in [4.78, 5) is 22.5. The van der Waals surface area contributed by atoms with Gasteiger partial charge in [-0.05, 0) is 31.9 Å². The molecular weight excluding hydrogens is 344 g/mol. The molecule has 4 heterocycles. The van der Waals surface area contributed by atoms with Crippen molar-refractivity contribution in [3.05, 3.63) is 41.7 Å². The molecule has 2 aliphatic rings. The molecule has 1 saturated carbocycles. The van der Waals surface area contributed by atoms with E-state index in [1.165, 1.54) is 19.0 Å². The fourth-order valence-corrected chi connectivity index (χ4v) is 3.28. The molecule has 27 heavy (non-hydrogen) atoms. The van der Waals surface area contributed by atoms with Crippen LogP contribution in [0.3, 0.4) is 0 Å². The molecule has 0 radical (unpaired) electrons. The van der Waals surface area contributed by atoms with Gasteiger partial charge in [0.25, 0.3) is 5.91 Å². The van der Waals surface area contributed by atoms with Crippen molar-refractivity contribution in [3.8, 4) is 0 Å². The topological polar surface area (TPSA) is 101 Å². The van der Waals surface area contributed by atoms with Crippen molar-refractivity contribution in [1.29, 1.82) is 0 Å².